The molecule has 1 N–H and O–H groups in total. The van der Waals surface area contributed by atoms with Crippen molar-refractivity contribution >= 4 is 45.5 Å². The van der Waals surface area contributed by atoms with E-state index in [-0.39, 0.29) is 32.2 Å². The number of para-hydroxylation sites is 1. The van der Waals surface area contributed by atoms with Gasteiger partial charge in [0.2, 0.25) is 0 Å². The highest BCUT2D eigenvalue weighted by Gasteiger charge is 2.22. The second-order valence-corrected chi connectivity index (χ2v) is 5.37. The van der Waals surface area contributed by atoms with Crippen LogP contribution in [0.2, 0.25) is 5.02 Å². The minimum atomic E-state index is -0.732. The number of carbonyl (C=O) groups excluding carboxylic acids is 2. The molecule has 8 heteroatoms. The van der Waals surface area contributed by atoms with Gasteiger partial charge >= 0.3 is 5.97 Å². The average Bonchev–Trinajstić information content (AvgIpc) is 2.86. The van der Waals surface area contributed by atoms with E-state index in [9.17, 15) is 14.0 Å². The van der Waals surface area contributed by atoms with E-state index >= 15 is 0 Å². The van der Waals surface area contributed by atoms with Gasteiger partial charge in [0.1, 0.15) is 10.7 Å². The highest BCUT2D eigenvalue weighted by atomic mass is 35.5. The molecule has 0 amide bonds. The average molecular weight is 329 g/mol. The number of ketones is 1. The van der Waals surface area contributed by atoms with E-state index in [4.69, 9.17) is 11.6 Å². The fourth-order valence-corrected chi connectivity index (χ4v) is 2.63. The highest BCUT2D eigenvalue weighted by molar-refractivity contribution is 7.17. The summed E-state index contributed by atoms with van der Waals surface area (Å²) in [5.74, 6) is -1.63. The molecular weight excluding hydrogens is 319 g/mol. The van der Waals surface area contributed by atoms with Gasteiger partial charge in [-0.15, -0.1) is 0 Å². The third-order valence-corrected chi connectivity index (χ3v) is 3.91. The van der Waals surface area contributed by atoms with Crippen molar-refractivity contribution in [3.63, 3.8) is 0 Å². The van der Waals surface area contributed by atoms with Gasteiger partial charge in [0.05, 0.1) is 17.8 Å². The van der Waals surface area contributed by atoms with E-state index in [1.54, 1.807) is 0 Å². The number of anilines is 2. The van der Waals surface area contributed by atoms with E-state index < -0.39 is 11.8 Å². The standard InChI is InChI=1S/C13H10ClFN2O3S/c1-6(18)11-10(12(19)20-2)17-13(21-11)16-9-7(14)4-3-5-8(9)15/h3-5H,1-2H3,(H,16,17). The Morgan fingerprint density at radius 2 is 2.14 bits per heavy atom. The Hall–Kier alpha value is -1.99. The molecule has 1 aromatic heterocycles. The molecule has 0 atom stereocenters. The van der Waals surface area contributed by atoms with Crippen LogP contribution in [-0.2, 0) is 4.74 Å². The zero-order valence-corrected chi connectivity index (χ0v) is 12.6. The molecule has 0 saturated heterocycles. The first-order chi connectivity index (χ1) is 9.93. The van der Waals surface area contributed by atoms with Crippen molar-refractivity contribution in [2.75, 3.05) is 12.4 Å². The highest BCUT2D eigenvalue weighted by Crippen LogP contribution is 2.31. The first-order valence-electron chi connectivity index (χ1n) is 5.75. The molecule has 0 spiro atoms. The predicted octanol–water partition coefficient (Wildman–Crippen LogP) is 3.67. The topological polar surface area (TPSA) is 68.3 Å². The van der Waals surface area contributed by atoms with E-state index in [0.717, 1.165) is 11.3 Å². The molecule has 1 aromatic carbocycles. The SMILES string of the molecule is COC(=O)c1nc(Nc2c(F)cccc2Cl)sc1C(C)=O. The Morgan fingerprint density at radius 3 is 2.71 bits per heavy atom. The van der Waals surface area contributed by atoms with Crippen LogP contribution in [0.1, 0.15) is 27.1 Å². The number of thiazole rings is 1. The molecule has 110 valence electrons. The fourth-order valence-electron chi connectivity index (χ4n) is 1.57. The van der Waals surface area contributed by atoms with E-state index in [0.29, 0.717) is 0 Å². The minimum Gasteiger partial charge on any atom is -0.464 e. The Morgan fingerprint density at radius 1 is 1.43 bits per heavy atom. The van der Waals surface area contributed by atoms with Crippen LogP contribution in [0.25, 0.3) is 0 Å². The van der Waals surface area contributed by atoms with Gasteiger partial charge in [0, 0.05) is 6.92 Å². The largest absolute Gasteiger partial charge is 0.464 e. The van der Waals surface area contributed by atoms with E-state index in [1.807, 2.05) is 0 Å². The quantitative estimate of drug-likeness (QED) is 0.685. The van der Waals surface area contributed by atoms with Crippen LogP contribution >= 0.6 is 22.9 Å². The summed E-state index contributed by atoms with van der Waals surface area (Å²) in [5.41, 5.74) is -0.0793. The molecule has 2 aromatic rings. The maximum atomic E-state index is 13.7. The molecule has 0 saturated carbocycles. The number of carbonyl (C=O) groups is 2. The van der Waals surface area contributed by atoms with Crippen LogP contribution in [0.4, 0.5) is 15.2 Å². The molecule has 0 bridgehead atoms. The van der Waals surface area contributed by atoms with Crippen molar-refractivity contribution in [3.05, 3.63) is 39.6 Å². The van der Waals surface area contributed by atoms with Gasteiger partial charge in [0.15, 0.2) is 16.6 Å². The molecule has 0 unspecified atom stereocenters. The van der Waals surface area contributed by atoms with E-state index in [1.165, 1.54) is 32.2 Å². The lowest BCUT2D eigenvalue weighted by Gasteiger charge is -2.05. The number of benzene rings is 1. The number of halogens is 2. The molecule has 0 aliphatic carbocycles. The Labute approximate surface area is 128 Å². The van der Waals surface area contributed by atoms with Crippen LogP contribution < -0.4 is 5.32 Å². The summed E-state index contributed by atoms with van der Waals surface area (Å²) in [7, 11) is 1.19. The third-order valence-electron chi connectivity index (χ3n) is 2.52. The van der Waals surface area contributed by atoms with Gasteiger partial charge < -0.3 is 10.1 Å². The van der Waals surface area contributed by atoms with Crippen LogP contribution in [0.3, 0.4) is 0 Å². The number of nitrogens with zero attached hydrogens (tertiary/aromatic N) is 1. The van der Waals surface area contributed by atoms with Gasteiger partial charge in [-0.2, -0.15) is 0 Å². The zero-order chi connectivity index (χ0) is 15.6. The second-order valence-electron chi connectivity index (χ2n) is 3.97. The van der Waals surface area contributed by atoms with Gasteiger partial charge in [0.25, 0.3) is 0 Å². The maximum absolute atomic E-state index is 13.7. The first kappa shape index (κ1) is 15.4. The first-order valence-corrected chi connectivity index (χ1v) is 6.94. The number of aromatic nitrogens is 1. The molecule has 21 heavy (non-hydrogen) atoms. The van der Waals surface area contributed by atoms with Crippen molar-refractivity contribution in [2.24, 2.45) is 0 Å². The molecule has 5 nitrogen and oxygen atoms in total. The third kappa shape index (κ3) is 3.20. The predicted molar refractivity (Wildman–Crippen MR) is 78.2 cm³/mol. The van der Waals surface area contributed by atoms with Gasteiger partial charge in [-0.1, -0.05) is 29.0 Å². The minimum absolute atomic E-state index is 0.0273. The van der Waals surface area contributed by atoms with Crippen molar-refractivity contribution in [1.29, 1.82) is 0 Å². The Bertz CT molecular complexity index is 697. The van der Waals surface area contributed by atoms with Crippen LogP contribution in [0.15, 0.2) is 18.2 Å². The van der Waals surface area contributed by atoms with E-state index in [2.05, 4.69) is 15.0 Å². The van der Waals surface area contributed by atoms with Gasteiger partial charge in [-0.25, -0.2) is 14.2 Å². The number of nitrogens with one attached hydrogen (secondary N) is 1. The van der Waals surface area contributed by atoms with Gasteiger partial charge in [-0.05, 0) is 12.1 Å². The lowest BCUT2D eigenvalue weighted by molar-refractivity contribution is 0.0591. The molecule has 0 aliphatic heterocycles. The zero-order valence-electron chi connectivity index (χ0n) is 11.1. The van der Waals surface area contributed by atoms with Crippen LogP contribution in [-0.4, -0.2) is 23.8 Å². The summed E-state index contributed by atoms with van der Waals surface area (Å²) in [6.07, 6.45) is 0. The lowest BCUT2D eigenvalue weighted by atomic mass is 10.3. The number of ether oxygens (including phenoxy) is 1. The summed E-state index contributed by atoms with van der Waals surface area (Å²) in [6.45, 7) is 1.31. The molecule has 1 heterocycles. The Kier molecular flexibility index (Phi) is 4.54. The number of Topliss-reactive ketones (excluding diaryl/α,β-unsaturated/α-hetero) is 1. The second kappa shape index (κ2) is 6.19. The molecule has 0 aliphatic rings. The smallest absolute Gasteiger partial charge is 0.358 e. The van der Waals surface area contributed by atoms with Crippen molar-refractivity contribution in [1.82, 2.24) is 4.98 Å². The van der Waals surface area contributed by atoms with Crippen LogP contribution in [0.5, 0.6) is 0 Å². The molecule has 0 fully saturated rings. The normalized spacial score (nSPS) is 10.3. The van der Waals surface area contributed by atoms with Crippen LogP contribution in [0, 0.1) is 5.82 Å². The Balaban J connectivity index is 2.42. The van der Waals surface area contributed by atoms with Crippen molar-refractivity contribution in [2.45, 2.75) is 6.92 Å². The molecule has 2 rings (SSSR count). The number of hydrogen-bond donors (Lipinski definition) is 1. The monoisotopic (exact) mass is 328 g/mol. The summed E-state index contributed by atoms with van der Waals surface area (Å²) in [4.78, 5) is 27.2. The fraction of sp³-hybridized carbons (Fsp3) is 0.154. The lowest BCUT2D eigenvalue weighted by Crippen LogP contribution is -2.07. The summed E-state index contributed by atoms with van der Waals surface area (Å²) in [5, 5.41) is 3.01. The van der Waals surface area contributed by atoms with Gasteiger partial charge in [-0.3, -0.25) is 4.79 Å². The molecular formula is C13H10ClFN2O3S. The number of esters is 1. The summed E-state index contributed by atoms with van der Waals surface area (Å²) >= 11 is 6.82. The number of rotatable bonds is 4. The van der Waals surface area contributed by atoms with Crippen molar-refractivity contribution < 1.29 is 18.7 Å². The molecule has 0 radical (unpaired) electrons. The number of hydrogen-bond acceptors (Lipinski definition) is 6. The number of methoxy groups -OCH3 is 1. The van der Waals surface area contributed by atoms with Crippen molar-refractivity contribution in [3.8, 4) is 0 Å². The summed E-state index contributed by atoms with van der Waals surface area (Å²) < 4.78 is 18.3. The maximum Gasteiger partial charge on any atom is 0.358 e. The summed E-state index contributed by atoms with van der Waals surface area (Å²) in [6, 6.07) is 4.20.